The van der Waals surface area contributed by atoms with Crippen molar-refractivity contribution in [2.24, 2.45) is 23.2 Å². The zero-order valence-corrected chi connectivity index (χ0v) is 19.5. The Kier molecular flexibility index (Phi) is 5.58. The van der Waals surface area contributed by atoms with Gasteiger partial charge in [-0.05, 0) is 47.4 Å². The largest absolute Gasteiger partial charge is 0.481 e. The van der Waals surface area contributed by atoms with Crippen LogP contribution in [-0.2, 0) is 14.3 Å². The normalized spacial score (nSPS) is 27.1. The average molecular weight is 463 g/mol. The SMILES string of the molecule is CC1CN(C(=O)C2CC2CNC(=O)OCC2c3ccccc3-c3ccccc32)CC1(C)C(=O)O. The van der Waals surface area contributed by atoms with Gasteiger partial charge in [-0.15, -0.1) is 0 Å². The van der Waals surface area contributed by atoms with Crippen LogP contribution in [0.25, 0.3) is 11.1 Å². The zero-order valence-electron chi connectivity index (χ0n) is 19.5. The summed E-state index contributed by atoms with van der Waals surface area (Å²) in [6, 6.07) is 16.4. The molecular weight excluding hydrogens is 432 g/mol. The summed E-state index contributed by atoms with van der Waals surface area (Å²) < 4.78 is 5.57. The molecule has 3 aliphatic rings. The molecule has 7 nitrogen and oxygen atoms in total. The molecule has 0 aromatic heterocycles. The molecule has 0 bridgehead atoms. The predicted octanol–water partition coefficient (Wildman–Crippen LogP) is 3.73. The van der Waals surface area contributed by atoms with Crippen molar-refractivity contribution in [2.45, 2.75) is 26.2 Å². The Morgan fingerprint density at radius 3 is 2.29 bits per heavy atom. The van der Waals surface area contributed by atoms with Crippen molar-refractivity contribution < 1.29 is 24.2 Å². The van der Waals surface area contributed by atoms with E-state index < -0.39 is 17.5 Å². The number of nitrogens with zero attached hydrogens (tertiary/aromatic N) is 1. The molecule has 2 aromatic carbocycles. The Labute approximate surface area is 199 Å². The fraction of sp³-hybridized carbons (Fsp3) is 0.444. The molecule has 2 fully saturated rings. The first-order valence-corrected chi connectivity index (χ1v) is 11.9. The van der Waals surface area contributed by atoms with Crippen LogP contribution in [0.2, 0.25) is 0 Å². The molecule has 1 heterocycles. The first-order valence-electron chi connectivity index (χ1n) is 11.9. The zero-order chi connectivity index (χ0) is 24.0. The van der Waals surface area contributed by atoms with E-state index in [4.69, 9.17) is 4.74 Å². The summed E-state index contributed by atoms with van der Waals surface area (Å²) in [4.78, 5) is 38.5. The Morgan fingerprint density at radius 2 is 1.71 bits per heavy atom. The number of benzene rings is 2. The number of aliphatic carboxylic acids is 1. The minimum atomic E-state index is -0.903. The molecule has 7 heteroatoms. The second-order valence-electron chi connectivity index (χ2n) is 10.2. The fourth-order valence-corrected chi connectivity index (χ4v) is 5.47. The van der Waals surface area contributed by atoms with Crippen LogP contribution in [0.1, 0.15) is 37.3 Å². The molecule has 0 spiro atoms. The Bertz CT molecular complexity index is 1100. The summed E-state index contributed by atoms with van der Waals surface area (Å²) >= 11 is 0. The minimum absolute atomic E-state index is 0.00355. The molecule has 0 radical (unpaired) electrons. The number of amides is 2. The maximum absolute atomic E-state index is 12.8. The van der Waals surface area contributed by atoms with Crippen LogP contribution in [0.15, 0.2) is 48.5 Å². The molecule has 178 valence electrons. The van der Waals surface area contributed by atoms with Crippen molar-refractivity contribution in [2.75, 3.05) is 26.2 Å². The van der Waals surface area contributed by atoms with Crippen molar-refractivity contribution in [3.63, 3.8) is 0 Å². The monoisotopic (exact) mass is 462 g/mol. The highest BCUT2D eigenvalue weighted by Crippen LogP contribution is 2.45. The summed E-state index contributed by atoms with van der Waals surface area (Å²) in [5.41, 5.74) is 3.79. The lowest BCUT2D eigenvalue weighted by molar-refractivity contribution is -0.149. The number of likely N-dealkylation sites (tertiary alicyclic amines) is 1. The van der Waals surface area contributed by atoms with E-state index in [1.54, 1.807) is 11.8 Å². The number of carbonyl (C=O) groups excluding carboxylic acids is 2. The number of carboxylic acid groups (broad SMARTS) is 1. The maximum atomic E-state index is 12.8. The van der Waals surface area contributed by atoms with Crippen LogP contribution < -0.4 is 5.32 Å². The van der Waals surface area contributed by atoms with Crippen molar-refractivity contribution in [1.29, 1.82) is 0 Å². The standard InChI is InChI=1S/C27H30N2O5/c1-16-13-29(15-27(16,2)25(31)32)24(30)22-11-17(22)12-28-26(33)34-14-23-20-9-5-3-7-18(20)19-8-4-6-10-21(19)23/h3-10,16-17,22-23H,11-15H2,1-2H3,(H,28,33)(H,31,32). The lowest BCUT2D eigenvalue weighted by atomic mass is 9.81. The Balaban J connectivity index is 1.11. The third-order valence-corrected chi connectivity index (χ3v) is 7.99. The van der Waals surface area contributed by atoms with Crippen LogP contribution in [-0.4, -0.2) is 54.2 Å². The quantitative estimate of drug-likeness (QED) is 0.682. The van der Waals surface area contributed by atoms with Gasteiger partial charge in [0.05, 0.1) is 5.41 Å². The predicted molar refractivity (Wildman–Crippen MR) is 126 cm³/mol. The summed E-state index contributed by atoms with van der Waals surface area (Å²) in [6.07, 6.45) is 0.227. The second kappa shape index (κ2) is 8.46. The number of nitrogens with one attached hydrogen (secondary N) is 1. The van der Waals surface area contributed by atoms with E-state index in [-0.39, 0.29) is 42.7 Å². The van der Waals surface area contributed by atoms with Crippen LogP contribution >= 0.6 is 0 Å². The van der Waals surface area contributed by atoms with Crippen molar-refractivity contribution in [3.8, 4) is 11.1 Å². The third kappa shape index (κ3) is 3.83. The molecule has 1 aliphatic heterocycles. The van der Waals surface area contributed by atoms with E-state index in [2.05, 4.69) is 29.6 Å². The first-order chi connectivity index (χ1) is 16.3. The smallest absolute Gasteiger partial charge is 0.407 e. The fourth-order valence-electron chi connectivity index (χ4n) is 5.47. The van der Waals surface area contributed by atoms with Gasteiger partial charge in [-0.3, -0.25) is 9.59 Å². The highest BCUT2D eigenvalue weighted by Gasteiger charge is 2.52. The summed E-state index contributed by atoms with van der Waals surface area (Å²) in [5, 5.41) is 12.3. The molecular formula is C27H30N2O5. The number of hydrogen-bond donors (Lipinski definition) is 2. The molecule has 4 atom stereocenters. The third-order valence-electron chi connectivity index (χ3n) is 7.99. The molecule has 5 rings (SSSR count). The van der Waals surface area contributed by atoms with E-state index in [1.807, 2.05) is 31.2 Å². The highest BCUT2D eigenvalue weighted by molar-refractivity contribution is 5.84. The Hall–Kier alpha value is -3.35. The van der Waals surface area contributed by atoms with Gasteiger partial charge in [0.2, 0.25) is 5.91 Å². The first kappa shape index (κ1) is 22.4. The summed E-state index contributed by atoms with van der Waals surface area (Å²) in [5.74, 6) is -1.04. The highest BCUT2D eigenvalue weighted by atomic mass is 16.5. The van der Waals surface area contributed by atoms with Gasteiger partial charge >= 0.3 is 12.1 Å². The molecule has 2 aromatic rings. The number of alkyl carbamates (subject to hydrolysis) is 1. The van der Waals surface area contributed by atoms with Crippen molar-refractivity contribution in [1.82, 2.24) is 10.2 Å². The molecule has 4 unspecified atom stereocenters. The van der Waals surface area contributed by atoms with Gasteiger partial charge in [-0.2, -0.15) is 0 Å². The van der Waals surface area contributed by atoms with Crippen LogP contribution in [0.4, 0.5) is 4.79 Å². The van der Waals surface area contributed by atoms with Crippen molar-refractivity contribution >= 4 is 18.0 Å². The van der Waals surface area contributed by atoms with E-state index in [0.717, 1.165) is 11.1 Å². The number of ether oxygens (including phenoxy) is 1. The van der Waals surface area contributed by atoms with Gasteiger partial charge in [0.15, 0.2) is 0 Å². The maximum Gasteiger partial charge on any atom is 0.407 e. The molecule has 1 saturated carbocycles. The molecule has 1 saturated heterocycles. The van der Waals surface area contributed by atoms with Gasteiger partial charge in [0.1, 0.15) is 6.61 Å². The van der Waals surface area contributed by atoms with E-state index in [0.29, 0.717) is 19.5 Å². The summed E-state index contributed by atoms with van der Waals surface area (Å²) in [6.45, 7) is 4.93. The number of carboxylic acids is 1. The van der Waals surface area contributed by atoms with E-state index in [1.165, 1.54) is 11.1 Å². The number of rotatable bonds is 6. The molecule has 34 heavy (non-hydrogen) atoms. The molecule has 2 N–H and O–H groups in total. The number of fused-ring (bicyclic) bond motifs is 3. The van der Waals surface area contributed by atoms with Gasteiger partial charge in [-0.1, -0.05) is 55.5 Å². The second-order valence-corrected chi connectivity index (χ2v) is 10.2. The van der Waals surface area contributed by atoms with Crippen molar-refractivity contribution in [3.05, 3.63) is 59.7 Å². The van der Waals surface area contributed by atoms with E-state index in [9.17, 15) is 19.5 Å². The molecule has 2 aliphatic carbocycles. The lowest BCUT2D eigenvalue weighted by Gasteiger charge is -2.22. The van der Waals surface area contributed by atoms with E-state index >= 15 is 0 Å². The Morgan fingerprint density at radius 1 is 1.09 bits per heavy atom. The number of carbonyl (C=O) groups is 3. The number of hydrogen-bond acceptors (Lipinski definition) is 4. The van der Waals surface area contributed by atoms with Gasteiger partial charge < -0.3 is 20.1 Å². The van der Waals surface area contributed by atoms with Crippen LogP contribution in [0, 0.1) is 23.2 Å². The summed E-state index contributed by atoms with van der Waals surface area (Å²) in [7, 11) is 0. The van der Waals surface area contributed by atoms with Gasteiger partial charge in [-0.25, -0.2) is 4.79 Å². The van der Waals surface area contributed by atoms with Gasteiger partial charge in [0.25, 0.3) is 0 Å². The van der Waals surface area contributed by atoms with Crippen LogP contribution in [0.5, 0.6) is 0 Å². The topological polar surface area (TPSA) is 95.9 Å². The van der Waals surface area contributed by atoms with Gasteiger partial charge in [0, 0.05) is 31.5 Å². The average Bonchev–Trinajstić information content (AvgIpc) is 3.45. The molecule has 2 amide bonds. The van der Waals surface area contributed by atoms with Crippen LogP contribution in [0.3, 0.4) is 0 Å². The lowest BCUT2D eigenvalue weighted by Crippen LogP contribution is -2.37. The minimum Gasteiger partial charge on any atom is -0.481 e.